The minimum absolute atomic E-state index is 0. The standard InChI is InChI=1S/C15H20FNO4S.C8H15NO4S.C7H6BrF.C4H9.Li/c1-14(2,3)21-13(18)17-22(19,20)15(8-9-15)10-11-4-6-12(16)7-5-11;1-8(2,3)13-7(10)9-14(11,12)6-4-5-6;8-5-6-1-3-7(9)4-2-6;1-3-4-2;/h4-7H,8-10H2,1-3H3,(H,17,18);6H,4-5H2,1-3H3,(H,9,10);1-4H,5H2;1,3-4H2,2H3;/q;;;-1;+1. The monoisotopic (exact) mass is 802 g/mol. The van der Waals surface area contributed by atoms with Crippen LogP contribution in [0, 0.1) is 18.6 Å². The minimum Gasteiger partial charge on any atom is -0.443 e. The molecule has 16 heteroatoms. The zero-order chi connectivity index (χ0) is 37.7. The molecule has 50 heavy (non-hydrogen) atoms. The fraction of sp³-hybridized carbons (Fsp3) is 0.559. The van der Waals surface area contributed by atoms with Crippen LogP contribution in [0.1, 0.15) is 98.1 Å². The predicted octanol–water partition coefficient (Wildman–Crippen LogP) is 5.10. The van der Waals surface area contributed by atoms with Gasteiger partial charge in [0.2, 0.25) is 20.0 Å². The molecule has 0 radical (unpaired) electrons. The van der Waals surface area contributed by atoms with Gasteiger partial charge in [-0.2, -0.15) is 6.42 Å². The molecule has 4 rings (SSSR count). The first-order valence-corrected chi connectivity index (χ1v) is 20.0. The number of carbonyl (C=O) groups is 2. The summed E-state index contributed by atoms with van der Waals surface area (Å²) in [4.78, 5) is 22.8. The normalized spacial score (nSPS) is 14.7. The zero-order valence-corrected chi connectivity index (χ0v) is 33.5. The third-order valence-corrected chi connectivity index (χ3v) is 11.0. The van der Waals surface area contributed by atoms with Crippen molar-refractivity contribution in [2.45, 2.75) is 120 Å². The van der Waals surface area contributed by atoms with E-state index in [1.165, 1.54) is 30.7 Å². The van der Waals surface area contributed by atoms with E-state index in [1.54, 1.807) is 65.8 Å². The van der Waals surface area contributed by atoms with Gasteiger partial charge in [0.05, 0.1) is 10.00 Å². The Labute approximate surface area is 317 Å². The second-order valence-corrected chi connectivity index (χ2v) is 18.2. The van der Waals surface area contributed by atoms with E-state index in [0.29, 0.717) is 31.2 Å². The van der Waals surface area contributed by atoms with E-state index in [9.17, 15) is 35.2 Å². The molecule has 0 spiro atoms. The van der Waals surface area contributed by atoms with E-state index in [0.717, 1.165) is 17.3 Å². The van der Waals surface area contributed by atoms with Crippen LogP contribution in [0.5, 0.6) is 0 Å². The number of benzene rings is 2. The molecule has 0 saturated heterocycles. The number of sulfonamides is 2. The molecule has 10 nitrogen and oxygen atoms in total. The molecule has 2 saturated carbocycles. The van der Waals surface area contributed by atoms with E-state index in [1.807, 2.05) is 9.44 Å². The molecule has 2 aliphatic rings. The van der Waals surface area contributed by atoms with Crippen LogP contribution >= 0.6 is 15.9 Å². The number of amides is 2. The predicted molar refractivity (Wildman–Crippen MR) is 191 cm³/mol. The van der Waals surface area contributed by atoms with Crippen molar-refractivity contribution < 1.29 is 63.5 Å². The van der Waals surface area contributed by atoms with E-state index in [4.69, 9.17) is 9.47 Å². The molecular formula is C34H50BrF2LiN2O8S2. The van der Waals surface area contributed by atoms with Crippen molar-refractivity contribution in [1.82, 2.24) is 9.44 Å². The molecule has 2 aromatic rings. The number of carbonyl (C=O) groups excluding carboxylic acids is 2. The summed E-state index contributed by atoms with van der Waals surface area (Å²) in [5, 5.41) is 0.378. The molecule has 278 valence electrons. The van der Waals surface area contributed by atoms with Crippen molar-refractivity contribution in [2.75, 3.05) is 0 Å². The Morgan fingerprint density at radius 3 is 1.52 bits per heavy atom. The van der Waals surface area contributed by atoms with Crippen LogP contribution in [0.15, 0.2) is 48.5 Å². The molecule has 0 bridgehead atoms. The van der Waals surface area contributed by atoms with Crippen molar-refractivity contribution in [1.29, 1.82) is 0 Å². The Balaban J connectivity index is 0.000000733. The van der Waals surface area contributed by atoms with Gasteiger partial charge in [0.25, 0.3) is 0 Å². The quantitative estimate of drug-likeness (QED) is 0.213. The van der Waals surface area contributed by atoms with Crippen molar-refractivity contribution in [3.63, 3.8) is 0 Å². The van der Waals surface area contributed by atoms with Gasteiger partial charge >= 0.3 is 31.0 Å². The molecule has 2 fully saturated rings. The van der Waals surface area contributed by atoms with Crippen molar-refractivity contribution in [3.05, 3.63) is 78.2 Å². The molecule has 0 atom stereocenters. The summed E-state index contributed by atoms with van der Waals surface area (Å²) < 4.78 is 85.1. The Morgan fingerprint density at radius 1 is 0.820 bits per heavy atom. The van der Waals surface area contributed by atoms with Gasteiger partial charge in [-0.3, -0.25) is 0 Å². The number of unbranched alkanes of at least 4 members (excludes halogenated alkanes) is 1. The third kappa shape index (κ3) is 19.4. The maximum atomic E-state index is 12.9. The Hall–Kier alpha value is -2.18. The molecule has 2 aliphatic carbocycles. The number of alkyl halides is 1. The zero-order valence-electron chi connectivity index (χ0n) is 30.3. The van der Waals surface area contributed by atoms with Crippen LogP contribution in [0.3, 0.4) is 0 Å². The van der Waals surface area contributed by atoms with Gasteiger partial charge in [-0.1, -0.05) is 53.5 Å². The van der Waals surface area contributed by atoms with Gasteiger partial charge in [-0.15, -0.1) is 0 Å². The first-order chi connectivity index (χ1) is 22.5. The molecule has 0 heterocycles. The van der Waals surface area contributed by atoms with Crippen molar-refractivity contribution >= 4 is 48.2 Å². The van der Waals surface area contributed by atoms with Crippen LogP contribution in [0.2, 0.25) is 0 Å². The summed E-state index contributed by atoms with van der Waals surface area (Å²) in [6.45, 7) is 15.7. The fourth-order valence-corrected chi connectivity index (χ4v) is 6.67. The molecule has 0 aliphatic heterocycles. The fourth-order valence-electron chi connectivity index (χ4n) is 3.62. The number of nitrogens with one attached hydrogen (secondary N) is 2. The van der Waals surface area contributed by atoms with Crippen LogP contribution < -0.4 is 28.3 Å². The SMILES string of the molecule is CC(C)(C)OC(=O)NS(=O)(=O)C1(Cc2ccc(F)cc2)CC1.CC(C)(C)OC(=O)NS(=O)(=O)C1CC1.Fc1ccc(CBr)cc1.[CH2-]CCC.[Li+]. The average Bonchev–Trinajstić information content (AvgIpc) is 3.88. The summed E-state index contributed by atoms with van der Waals surface area (Å²) in [7, 11) is -7.33. The summed E-state index contributed by atoms with van der Waals surface area (Å²) in [5.74, 6) is -0.553. The summed E-state index contributed by atoms with van der Waals surface area (Å²) in [5.41, 5.74) is 0.362. The Morgan fingerprint density at radius 2 is 1.20 bits per heavy atom. The van der Waals surface area contributed by atoms with Gasteiger partial charge in [-0.05, 0) is 109 Å². The van der Waals surface area contributed by atoms with E-state index >= 15 is 0 Å². The van der Waals surface area contributed by atoms with Crippen molar-refractivity contribution in [3.8, 4) is 0 Å². The first kappa shape index (κ1) is 47.8. The number of rotatable bonds is 8. The maximum Gasteiger partial charge on any atom is 1.00 e. The molecule has 2 N–H and O–H groups in total. The smallest absolute Gasteiger partial charge is 0.443 e. The van der Waals surface area contributed by atoms with Crippen molar-refractivity contribution in [2.24, 2.45) is 0 Å². The minimum atomic E-state index is -3.85. The number of halogens is 3. The van der Waals surface area contributed by atoms with E-state index in [2.05, 4.69) is 29.8 Å². The first-order valence-electron chi connectivity index (χ1n) is 15.8. The van der Waals surface area contributed by atoms with Gasteiger partial charge < -0.3 is 16.4 Å². The number of hydrogen-bond donors (Lipinski definition) is 2. The summed E-state index contributed by atoms with van der Waals surface area (Å²) in [6, 6.07) is 12.1. The van der Waals surface area contributed by atoms with E-state index in [-0.39, 0.29) is 36.9 Å². The second kappa shape index (κ2) is 20.8. The average molecular weight is 804 g/mol. The van der Waals surface area contributed by atoms with Crippen LogP contribution in [-0.2, 0) is 41.3 Å². The summed E-state index contributed by atoms with van der Waals surface area (Å²) >= 11 is 3.26. The maximum absolute atomic E-state index is 12.9. The van der Waals surface area contributed by atoms with Crippen LogP contribution in [0.25, 0.3) is 0 Å². The Kier molecular flexibility index (Phi) is 19.8. The molecule has 2 aromatic carbocycles. The van der Waals surface area contributed by atoms with Gasteiger partial charge in [-0.25, -0.2) is 44.6 Å². The molecule has 2 amide bonds. The van der Waals surface area contributed by atoms with Gasteiger partial charge in [0.15, 0.2) is 0 Å². The summed E-state index contributed by atoms with van der Waals surface area (Å²) in [6.07, 6.45) is 2.81. The third-order valence-electron chi connectivity index (χ3n) is 6.44. The Bertz CT molecular complexity index is 1550. The molecular weight excluding hydrogens is 753 g/mol. The largest absolute Gasteiger partial charge is 1.00 e. The van der Waals surface area contributed by atoms with E-state index < -0.39 is 53.4 Å². The molecule has 0 unspecified atom stereocenters. The van der Waals surface area contributed by atoms with Gasteiger partial charge in [0, 0.05) is 5.33 Å². The van der Waals surface area contributed by atoms with Crippen LogP contribution in [0.4, 0.5) is 18.4 Å². The van der Waals surface area contributed by atoms with Crippen LogP contribution in [-0.4, -0.2) is 50.2 Å². The number of ether oxygens (including phenoxy) is 2. The second-order valence-electron chi connectivity index (χ2n) is 13.6. The number of hydrogen-bond acceptors (Lipinski definition) is 8. The van der Waals surface area contributed by atoms with Gasteiger partial charge in [0.1, 0.15) is 22.8 Å². The topological polar surface area (TPSA) is 145 Å². The molecule has 0 aromatic heterocycles.